The van der Waals surface area contributed by atoms with Crippen LogP contribution in [0.25, 0.3) is 0 Å². The minimum Gasteiger partial charge on any atom is -0.492 e. The zero-order chi connectivity index (χ0) is 15.1. The number of hydrogen-bond acceptors (Lipinski definition) is 4. The number of aliphatic hydroxyl groups excluding tert-OH is 1. The zero-order valence-electron chi connectivity index (χ0n) is 11.8. The lowest BCUT2D eigenvalue weighted by Gasteiger charge is -2.12. The molecule has 0 saturated heterocycles. The molecular weight excluding hydrogens is 350 g/mol. The molecule has 1 unspecified atom stereocenters. The van der Waals surface area contributed by atoms with Crippen LogP contribution in [0.3, 0.4) is 0 Å². The van der Waals surface area contributed by atoms with Gasteiger partial charge in [0.05, 0.1) is 18.9 Å². The van der Waals surface area contributed by atoms with Gasteiger partial charge in [-0.05, 0) is 30.7 Å². The van der Waals surface area contributed by atoms with Crippen LogP contribution in [-0.4, -0.2) is 22.5 Å². The summed E-state index contributed by atoms with van der Waals surface area (Å²) in [4.78, 5) is 5.25. The van der Waals surface area contributed by atoms with E-state index >= 15 is 0 Å². The van der Waals surface area contributed by atoms with Gasteiger partial charge in [-0.25, -0.2) is 0 Å². The Morgan fingerprint density at radius 1 is 1.33 bits per heavy atom. The van der Waals surface area contributed by atoms with Crippen molar-refractivity contribution in [1.29, 1.82) is 0 Å². The van der Waals surface area contributed by atoms with Gasteiger partial charge in [0.25, 0.3) is 0 Å². The van der Waals surface area contributed by atoms with Crippen molar-refractivity contribution in [3.63, 3.8) is 0 Å². The maximum Gasteiger partial charge on any atom is 0.137 e. The third-order valence-electron chi connectivity index (χ3n) is 2.80. The van der Waals surface area contributed by atoms with Crippen LogP contribution in [0.5, 0.6) is 5.75 Å². The maximum atomic E-state index is 10.3. The van der Waals surface area contributed by atoms with Gasteiger partial charge in [0, 0.05) is 26.9 Å². The van der Waals surface area contributed by atoms with Gasteiger partial charge in [0.1, 0.15) is 5.75 Å². The molecule has 0 amide bonds. The molecule has 0 aliphatic rings. The normalized spacial score (nSPS) is 12.1. The quantitative estimate of drug-likeness (QED) is 0.733. The van der Waals surface area contributed by atoms with Crippen molar-refractivity contribution in [1.82, 2.24) is 4.98 Å². The third kappa shape index (κ3) is 5.34. The highest BCUT2D eigenvalue weighted by molar-refractivity contribution is 9.10. The number of aliphatic hydroxyl groups is 1. The molecule has 112 valence electrons. The number of hydrogen-bond donors (Lipinski definition) is 1. The van der Waals surface area contributed by atoms with E-state index in [1.165, 1.54) is 0 Å². The Bertz CT molecular complexity index is 580. The fourth-order valence-corrected chi connectivity index (χ4v) is 3.22. The predicted molar refractivity (Wildman–Crippen MR) is 89.8 cm³/mol. The number of benzene rings is 1. The van der Waals surface area contributed by atoms with Crippen LogP contribution in [0.4, 0.5) is 0 Å². The first kappa shape index (κ1) is 16.3. The number of aromatic nitrogens is 1. The van der Waals surface area contributed by atoms with Crippen molar-refractivity contribution in [3.05, 3.63) is 52.8 Å². The van der Waals surface area contributed by atoms with Gasteiger partial charge in [-0.1, -0.05) is 28.9 Å². The summed E-state index contributed by atoms with van der Waals surface area (Å²) in [6.07, 6.45) is 3.75. The highest BCUT2D eigenvalue weighted by atomic mass is 79.9. The molecule has 1 N–H and O–H groups in total. The molecule has 1 aromatic heterocycles. The molecule has 0 radical (unpaired) electrons. The summed E-state index contributed by atoms with van der Waals surface area (Å²) in [6.45, 7) is 2.72. The molecule has 1 aromatic carbocycles. The lowest BCUT2D eigenvalue weighted by molar-refractivity contribution is 0.202. The van der Waals surface area contributed by atoms with Crippen molar-refractivity contribution < 1.29 is 9.84 Å². The largest absolute Gasteiger partial charge is 0.492 e. The van der Waals surface area contributed by atoms with Crippen LogP contribution in [0.15, 0.2) is 52.1 Å². The average molecular weight is 368 g/mol. The van der Waals surface area contributed by atoms with E-state index in [2.05, 4.69) is 27.8 Å². The summed E-state index contributed by atoms with van der Waals surface area (Å²) in [5.74, 6) is 1.29. The first-order chi connectivity index (χ1) is 10.2. The Labute approximate surface area is 137 Å². The van der Waals surface area contributed by atoms with E-state index in [1.54, 1.807) is 24.2 Å². The van der Waals surface area contributed by atoms with Crippen molar-refractivity contribution in [2.75, 3.05) is 12.4 Å². The Balaban J connectivity index is 1.95. The van der Waals surface area contributed by atoms with Gasteiger partial charge < -0.3 is 9.84 Å². The molecule has 0 bridgehead atoms. The van der Waals surface area contributed by atoms with Crippen molar-refractivity contribution in [2.24, 2.45) is 0 Å². The summed E-state index contributed by atoms with van der Waals surface area (Å²) in [6, 6.07) is 9.89. The maximum absolute atomic E-state index is 10.3. The molecule has 5 heteroatoms. The number of pyridine rings is 1. The topological polar surface area (TPSA) is 42.4 Å². The Hall–Kier alpha value is -1.04. The summed E-state index contributed by atoms with van der Waals surface area (Å²) < 4.78 is 6.58. The minimum atomic E-state index is -0.563. The fourth-order valence-electron chi connectivity index (χ4n) is 1.74. The van der Waals surface area contributed by atoms with E-state index in [9.17, 15) is 5.11 Å². The molecule has 2 aromatic rings. The van der Waals surface area contributed by atoms with Crippen LogP contribution in [-0.2, 0) is 0 Å². The van der Waals surface area contributed by atoms with Crippen molar-refractivity contribution in [2.45, 2.75) is 24.3 Å². The Morgan fingerprint density at radius 3 is 2.95 bits per heavy atom. The molecule has 0 spiro atoms. The van der Waals surface area contributed by atoms with E-state index in [0.717, 1.165) is 21.4 Å². The molecule has 21 heavy (non-hydrogen) atoms. The standard InChI is InChI=1S/C16H18BrNO2S/c1-2-6-20-14-7-12(9-18-10-14)16(19)11-21-15-5-3-4-13(17)8-15/h3-5,7-10,16,19H,2,6,11H2,1H3. The minimum absolute atomic E-state index is 0.563. The summed E-state index contributed by atoms with van der Waals surface area (Å²) in [5.41, 5.74) is 0.783. The summed E-state index contributed by atoms with van der Waals surface area (Å²) in [5, 5.41) is 10.3. The molecule has 0 aliphatic carbocycles. The van der Waals surface area contributed by atoms with Crippen LogP contribution in [0.1, 0.15) is 25.0 Å². The van der Waals surface area contributed by atoms with E-state index in [1.807, 2.05) is 30.3 Å². The van der Waals surface area contributed by atoms with Crippen LogP contribution < -0.4 is 4.74 Å². The summed E-state index contributed by atoms with van der Waals surface area (Å²) >= 11 is 5.06. The number of rotatable bonds is 7. The van der Waals surface area contributed by atoms with E-state index < -0.39 is 6.10 Å². The number of ether oxygens (including phenoxy) is 1. The van der Waals surface area contributed by atoms with Gasteiger partial charge in [-0.3, -0.25) is 4.98 Å². The first-order valence-electron chi connectivity index (χ1n) is 6.83. The highest BCUT2D eigenvalue weighted by Gasteiger charge is 2.10. The lowest BCUT2D eigenvalue weighted by atomic mass is 10.2. The second-order valence-electron chi connectivity index (χ2n) is 4.59. The monoisotopic (exact) mass is 367 g/mol. The Morgan fingerprint density at radius 2 is 2.19 bits per heavy atom. The molecule has 0 saturated carbocycles. The second kappa shape index (κ2) is 8.41. The van der Waals surface area contributed by atoms with Gasteiger partial charge in [-0.2, -0.15) is 0 Å². The molecule has 0 aliphatic heterocycles. The molecule has 0 fully saturated rings. The smallest absolute Gasteiger partial charge is 0.137 e. The highest BCUT2D eigenvalue weighted by Crippen LogP contribution is 2.27. The average Bonchev–Trinajstić information content (AvgIpc) is 2.51. The molecular formula is C16H18BrNO2S. The number of halogens is 1. The van der Waals surface area contributed by atoms with Gasteiger partial charge in [0.15, 0.2) is 0 Å². The number of nitrogens with zero attached hydrogens (tertiary/aromatic N) is 1. The number of thioether (sulfide) groups is 1. The fraction of sp³-hybridized carbons (Fsp3) is 0.312. The van der Waals surface area contributed by atoms with E-state index in [-0.39, 0.29) is 0 Å². The van der Waals surface area contributed by atoms with Gasteiger partial charge >= 0.3 is 0 Å². The predicted octanol–water partition coefficient (Wildman–Crippen LogP) is 4.46. The third-order valence-corrected chi connectivity index (χ3v) is 4.36. The van der Waals surface area contributed by atoms with Gasteiger partial charge in [-0.15, -0.1) is 11.8 Å². The van der Waals surface area contributed by atoms with Crippen LogP contribution in [0.2, 0.25) is 0 Å². The van der Waals surface area contributed by atoms with Crippen molar-refractivity contribution >= 4 is 27.7 Å². The summed E-state index contributed by atoms with van der Waals surface area (Å²) in [7, 11) is 0. The molecule has 2 rings (SSSR count). The van der Waals surface area contributed by atoms with E-state index in [4.69, 9.17) is 4.74 Å². The van der Waals surface area contributed by atoms with Crippen LogP contribution in [0, 0.1) is 0 Å². The molecule has 1 atom stereocenters. The first-order valence-corrected chi connectivity index (χ1v) is 8.61. The Kier molecular flexibility index (Phi) is 6.54. The molecule has 1 heterocycles. The lowest BCUT2D eigenvalue weighted by Crippen LogP contribution is -2.03. The van der Waals surface area contributed by atoms with Gasteiger partial charge in [0.2, 0.25) is 0 Å². The van der Waals surface area contributed by atoms with Crippen molar-refractivity contribution in [3.8, 4) is 5.75 Å². The molecule has 3 nitrogen and oxygen atoms in total. The van der Waals surface area contributed by atoms with E-state index in [0.29, 0.717) is 18.1 Å². The second-order valence-corrected chi connectivity index (χ2v) is 6.60. The zero-order valence-corrected chi connectivity index (χ0v) is 14.2. The SMILES string of the molecule is CCCOc1cncc(C(O)CSc2cccc(Br)c2)c1. The van der Waals surface area contributed by atoms with Crippen LogP contribution >= 0.6 is 27.7 Å².